The van der Waals surface area contributed by atoms with Crippen molar-refractivity contribution in [2.75, 3.05) is 5.32 Å². The summed E-state index contributed by atoms with van der Waals surface area (Å²) in [5.41, 5.74) is -0.115. The van der Waals surface area contributed by atoms with Crippen LogP contribution < -0.4 is 10.9 Å². The number of carbonyl (C=O) groups excluding carboxylic acids is 1. The van der Waals surface area contributed by atoms with E-state index in [9.17, 15) is 23.9 Å². The molecule has 13 heteroatoms. The van der Waals surface area contributed by atoms with E-state index in [0.717, 1.165) is 15.6 Å². The van der Waals surface area contributed by atoms with E-state index in [0.29, 0.717) is 22.6 Å². The third-order valence-corrected chi connectivity index (χ3v) is 7.01. The lowest BCUT2D eigenvalue weighted by Crippen LogP contribution is -2.25. The number of carboxylic acid groups (broad SMARTS) is 1. The highest BCUT2D eigenvalue weighted by molar-refractivity contribution is 7.16. The number of anilines is 1. The summed E-state index contributed by atoms with van der Waals surface area (Å²) in [6.45, 7) is 0.383. The van der Waals surface area contributed by atoms with Crippen LogP contribution in [-0.4, -0.2) is 36.3 Å². The second-order valence-corrected chi connectivity index (χ2v) is 10.1. The minimum Gasteiger partial charge on any atom is -0.478 e. The molecule has 0 spiro atoms. The number of hydrogen-bond acceptors (Lipinski definition) is 8. The SMILES string of the molecule is O=C(O)c1ccc(C(=O)n2nc(-c3ccc(F)c(=O)n3CCc3ncco3)cc2NCc2ccc(Cl)s2)cc1. The van der Waals surface area contributed by atoms with Crippen LogP contribution >= 0.6 is 22.9 Å². The van der Waals surface area contributed by atoms with Gasteiger partial charge in [0.1, 0.15) is 17.8 Å². The molecule has 0 atom stereocenters. The monoisotopic (exact) mass is 567 g/mol. The number of nitrogens with one attached hydrogen (secondary N) is 1. The van der Waals surface area contributed by atoms with Gasteiger partial charge in [-0.25, -0.2) is 14.2 Å². The van der Waals surface area contributed by atoms with Crippen LogP contribution in [-0.2, 0) is 19.5 Å². The van der Waals surface area contributed by atoms with Gasteiger partial charge in [0.2, 0.25) is 0 Å². The Kier molecular flexibility index (Phi) is 7.39. The number of pyridine rings is 1. The molecule has 0 bridgehead atoms. The molecule has 39 heavy (non-hydrogen) atoms. The van der Waals surface area contributed by atoms with Crippen molar-refractivity contribution in [3.63, 3.8) is 0 Å². The lowest BCUT2D eigenvalue weighted by atomic mass is 10.1. The molecule has 0 aliphatic heterocycles. The number of oxazole rings is 1. The van der Waals surface area contributed by atoms with E-state index in [2.05, 4.69) is 15.4 Å². The topological polar surface area (TPSA) is 132 Å². The van der Waals surface area contributed by atoms with Crippen LogP contribution in [0, 0.1) is 5.82 Å². The zero-order chi connectivity index (χ0) is 27.5. The van der Waals surface area contributed by atoms with Crippen LogP contribution in [0.25, 0.3) is 11.4 Å². The van der Waals surface area contributed by atoms with E-state index in [4.69, 9.17) is 16.0 Å². The molecular formula is C26H19ClFN5O5S. The number of halogens is 2. The first-order valence-electron chi connectivity index (χ1n) is 11.5. The number of hydrogen-bond donors (Lipinski definition) is 2. The van der Waals surface area contributed by atoms with Crippen molar-refractivity contribution in [3.8, 4) is 11.4 Å². The number of nitrogens with zero attached hydrogens (tertiary/aromatic N) is 4. The molecule has 4 aromatic heterocycles. The van der Waals surface area contributed by atoms with Gasteiger partial charge < -0.3 is 19.4 Å². The third-order valence-electron chi connectivity index (χ3n) is 5.78. The molecule has 0 aliphatic carbocycles. The van der Waals surface area contributed by atoms with E-state index in [1.54, 1.807) is 12.1 Å². The molecule has 5 rings (SSSR count). The van der Waals surface area contributed by atoms with Gasteiger partial charge in [-0.3, -0.25) is 9.59 Å². The Morgan fingerprint density at radius 1 is 1.10 bits per heavy atom. The zero-order valence-electron chi connectivity index (χ0n) is 20.0. The van der Waals surface area contributed by atoms with E-state index in [1.165, 1.54) is 58.7 Å². The van der Waals surface area contributed by atoms with Gasteiger partial charge in [-0.2, -0.15) is 9.78 Å². The van der Waals surface area contributed by atoms with Crippen LogP contribution in [0.5, 0.6) is 0 Å². The molecule has 10 nitrogen and oxygen atoms in total. The lowest BCUT2D eigenvalue weighted by Gasteiger charge is -2.10. The Labute approximate surface area is 228 Å². The van der Waals surface area contributed by atoms with Gasteiger partial charge in [-0.15, -0.1) is 11.3 Å². The summed E-state index contributed by atoms with van der Waals surface area (Å²) in [5, 5.41) is 16.8. The van der Waals surface area contributed by atoms with Crippen molar-refractivity contribution in [1.29, 1.82) is 0 Å². The highest BCUT2D eigenvalue weighted by Crippen LogP contribution is 2.26. The van der Waals surface area contributed by atoms with E-state index in [1.807, 2.05) is 6.07 Å². The first kappa shape index (κ1) is 26.1. The summed E-state index contributed by atoms with van der Waals surface area (Å²) in [5.74, 6) is -1.92. The number of aromatic carboxylic acids is 1. The quantitative estimate of drug-likeness (QED) is 0.260. The lowest BCUT2D eigenvalue weighted by molar-refractivity contribution is 0.0696. The molecule has 0 amide bonds. The van der Waals surface area contributed by atoms with Crippen molar-refractivity contribution < 1.29 is 23.5 Å². The second-order valence-electron chi connectivity index (χ2n) is 8.27. The van der Waals surface area contributed by atoms with Crippen molar-refractivity contribution in [2.45, 2.75) is 19.5 Å². The normalized spacial score (nSPS) is 11.0. The van der Waals surface area contributed by atoms with Gasteiger partial charge in [-0.1, -0.05) is 11.6 Å². The summed E-state index contributed by atoms with van der Waals surface area (Å²) >= 11 is 7.41. The average molecular weight is 568 g/mol. The average Bonchev–Trinajstić information content (AvgIpc) is 3.69. The van der Waals surface area contributed by atoms with Crippen molar-refractivity contribution in [1.82, 2.24) is 19.3 Å². The fourth-order valence-electron chi connectivity index (χ4n) is 3.87. The smallest absolute Gasteiger partial charge is 0.335 e. The summed E-state index contributed by atoms with van der Waals surface area (Å²) in [6, 6.07) is 13.1. The minimum atomic E-state index is -1.12. The molecule has 198 valence electrons. The molecule has 4 heterocycles. The van der Waals surface area contributed by atoms with Crippen LogP contribution in [0.2, 0.25) is 4.34 Å². The largest absolute Gasteiger partial charge is 0.478 e. The summed E-state index contributed by atoms with van der Waals surface area (Å²) in [4.78, 5) is 42.3. The Morgan fingerprint density at radius 2 is 1.87 bits per heavy atom. The summed E-state index contributed by atoms with van der Waals surface area (Å²) in [7, 11) is 0. The molecule has 0 radical (unpaired) electrons. The van der Waals surface area contributed by atoms with E-state index in [-0.39, 0.29) is 35.5 Å². The van der Waals surface area contributed by atoms with Gasteiger partial charge in [0.25, 0.3) is 11.5 Å². The molecule has 0 unspecified atom stereocenters. The number of carbonyl (C=O) groups is 2. The van der Waals surface area contributed by atoms with Crippen molar-refractivity contribution in [3.05, 3.63) is 109 Å². The number of aryl methyl sites for hydroxylation is 1. The Morgan fingerprint density at radius 3 is 2.54 bits per heavy atom. The number of carboxylic acids is 1. The highest BCUT2D eigenvalue weighted by Gasteiger charge is 2.21. The van der Waals surface area contributed by atoms with Crippen LogP contribution in [0.4, 0.5) is 10.2 Å². The molecule has 0 fully saturated rings. The fraction of sp³-hybridized carbons (Fsp3) is 0.115. The molecule has 5 aromatic rings. The third kappa shape index (κ3) is 5.66. The molecule has 0 aliphatic rings. The molecular weight excluding hydrogens is 549 g/mol. The Hall–Kier alpha value is -4.55. The maximum atomic E-state index is 14.3. The van der Waals surface area contributed by atoms with Crippen LogP contribution in [0.15, 0.2) is 76.3 Å². The Bertz CT molecular complexity index is 1710. The van der Waals surface area contributed by atoms with Crippen LogP contribution in [0.3, 0.4) is 0 Å². The van der Waals surface area contributed by atoms with Gasteiger partial charge in [0, 0.05) is 29.5 Å². The number of benzene rings is 1. The first-order chi connectivity index (χ1) is 18.8. The van der Waals surface area contributed by atoms with Gasteiger partial charge >= 0.3 is 5.97 Å². The Balaban J connectivity index is 1.54. The second kappa shape index (κ2) is 11.1. The van der Waals surface area contributed by atoms with E-state index < -0.39 is 23.3 Å². The van der Waals surface area contributed by atoms with Gasteiger partial charge in [-0.05, 0) is 48.5 Å². The van der Waals surface area contributed by atoms with E-state index >= 15 is 0 Å². The summed E-state index contributed by atoms with van der Waals surface area (Å²) in [6.07, 6.45) is 3.10. The zero-order valence-corrected chi connectivity index (χ0v) is 21.6. The van der Waals surface area contributed by atoms with Crippen molar-refractivity contribution >= 4 is 40.6 Å². The van der Waals surface area contributed by atoms with Crippen LogP contribution in [0.1, 0.15) is 31.5 Å². The minimum absolute atomic E-state index is 0.0296. The predicted octanol–water partition coefficient (Wildman–Crippen LogP) is 4.80. The predicted molar refractivity (Wildman–Crippen MR) is 142 cm³/mol. The number of aromatic nitrogens is 4. The number of rotatable bonds is 9. The van der Waals surface area contributed by atoms with Gasteiger partial charge in [0.05, 0.1) is 28.3 Å². The maximum absolute atomic E-state index is 14.3. The molecule has 2 N–H and O–H groups in total. The molecule has 0 saturated heterocycles. The summed E-state index contributed by atoms with van der Waals surface area (Å²) < 4.78 is 22.4. The first-order valence-corrected chi connectivity index (χ1v) is 12.7. The highest BCUT2D eigenvalue weighted by atomic mass is 35.5. The fourth-order valence-corrected chi connectivity index (χ4v) is 4.90. The molecule has 0 saturated carbocycles. The number of thiophene rings is 1. The molecule has 1 aromatic carbocycles. The van der Waals surface area contributed by atoms with Crippen molar-refractivity contribution in [2.24, 2.45) is 0 Å². The standard InChI is InChI=1S/C26H19ClFN5O5S/c27-21-8-5-17(39-21)14-30-22-13-19(31-33(22)24(34)15-1-3-16(4-2-15)26(36)37)20-7-6-18(28)25(35)32(20)11-9-23-29-10-12-38-23/h1-8,10,12-13,30H,9,11,14H2,(H,36,37). The van der Waals surface area contributed by atoms with Gasteiger partial charge in [0.15, 0.2) is 11.7 Å². The maximum Gasteiger partial charge on any atom is 0.335 e.